The zero-order valence-corrected chi connectivity index (χ0v) is 6.18. The van der Waals surface area contributed by atoms with Gasteiger partial charge in [0.2, 0.25) is 5.29 Å². The van der Waals surface area contributed by atoms with Crippen molar-refractivity contribution in [3.63, 3.8) is 0 Å². The Kier molecular flexibility index (Phi) is 3.54. The largest absolute Gasteiger partial charge is 0.213 e. The minimum atomic E-state index is -0.850. The first-order valence-corrected chi connectivity index (χ1v) is 2.84. The summed E-state index contributed by atoms with van der Waals surface area (Å²) in [6.45, 7) is 0. The molecule has 0 aliphatic heterocycles. The van der Waals surface area contributed by atoms with Crippen LogP contribution in [0.4, 0.5) is 4.39 Å². The molecule has 0 spiro atoms. The molecule has 0 unspecified atom stereocenters. The Labute approximate surface area is 58.4 Å². The van der Waals surface area contributed by atoms with Crippen LogP contribution in [-0.4, -0.2) is 0 Å². The maximum atomic E-state index is 11.3. The van der Waals surface area contributed by atoms with Gasteiger partial charge in [0.05, 0.1) is 0 Å². The highest BCUT2D eigenvalue weighted by Crippen LogP contribution is 2.20. The molecule has 0 amide bonds. The molecule has 0 rings (SSSR count). The van der Waals surface area contributed by atoms with E-state index in [0.717, 1.165) is 0 Å². The molecule has 0 atom stereocenters. The lowest BCUT2D eigenvalue weighted by Crippen LogP contribution is -1.49. The van der Waals surface area contributed by atoms with Crippen molar-refractivity contribution in [1.29, 1.82) is 0 Å². The van der Waals surface area contributed by atoms with E-state index in [9.17, 15) is 4.39 Å². The molecule has 0 aliphatic rings. The van der Waals surface area contributed by atoms with Gasteiger partial charge in [-0.05, 0) is 34.2 Å². The lowest BCUT2D eigenvalue weighted by Gasteiger charge is -1.74. The average Bonchev–Trinajstić information content (AvgIpc) is 1.36. The van der Waals surface area contributed by atoms with Gasteiger partial charge in [0.25, 0.3) is 0 Å². The summed E-state index contributed by atoms with van der Waals surface area (Å²) in [7, 11) is 0. The lowest BCUT2D eigenvalue weighted by molar-refractivity contribution is 0.696. The summed E-state index contributed by atoms with van der Waals surface area (Å²) in [5.74, 6) is 0. The van der Waals surface area contributed by atoms with E-state index in [1.54, 1.807) is 22.6 Å². The first kappa shape index (κ1) is 6.98. The standard InChI is InChI=1S/C2Cl2FI/c3-1(5)2(4)6. The minimum absolute atomic E-state index is 0.0331. The number of hydrogen-bond donors (Lipinski definition) is 0. The predicted molar refractivity (Wildman–Crippen MR) is 33.9 cm³/mol. The van der Waals surface area contributed by atoms with Gasteiger partial charge in [0.15, 0.2) is 0 Å². The fraction of sp³-hybridized carbons (Fsp3) is 0. The maximum Gasteiger partial charge on any atom is 0.213 e. The maximum absolute atomic E-state index is 11.3. The zero-order chi connectivity index (χ0) is 5.15. The lowest BCUT2D eigenvalue weighted by atomic mass is 11.2. The molecule has 0 bridgehead atoms. The van der Waals surface area contributed by atoms with E-state index in [4.69, 9.17) is 11.6 Å². The van der Waals surface area contributed by atoms with Crippen LogP contribution in [0.5, 0.6) is 0 Å². The molecule has 0 radical (unpaired) electrons. The van der Waals surface area contributed by atoms with Crippen molar-refractivity contribution in [1.82, 2.24) is 0 Å². The summed E-state index contributed by atoms with van der Waals surface area (Å²) in [6.07, 6.45) is 0. The van der Waals surface area contributed by atoms with Crippen molar-refractivity contribution in [2.75, 3.05) is 0 Å². The van der Waals surface area contributed by atoms with E-state index < -0.39 is 5.29 Å². The second kappa shape index (κ2) is 3.04. The molecule has 0 saturated heterocycles. The van der Waals surface area contributed by atoms with Gasteiger partial charge in [-0.2, -0.15) is 4.39 Å². The topological polar surface area (TPSA) is 0 Å². The smallest absolute Gasteiger partial charge is 0.191 e. The van der Waals surface area contributed by atoms with Crippen molar-refractivity contribution in [3.8, 4) is 0 Å². The first-order valence-electron chi connectivity index (χ1n) is 1.01. The quantitative estimate of drug-likeness (QED) is 0.571. The predicted octanol–water partition coefficient (Wildman–Crippen LogP) is 3.00. The van der Waals surface area contributed by atoms with Crippen molar-refractivity contribution >= 4 is 45.8 Å². The van der Waals surface area contributed by atoms with Gasteiger partial charge in [0.1, 0.15) is 3.04 Å². The van der Waals surface area contributed by atoms with E-state index >= 15 is 0 Å². The fourth-order valence-corrected chi connectivity index (χ4v) is 0. The third-order valence-electron chi connectivity index (χ3n) is 0.143. The van der Waals surface area contributed by atoms with Crippen LogP contribution in [0.15, 0.2) is 8.33 Å². The Hall–Kier alpha value is 0.980. The highest BCUT2D eigenvalue weighted by Gasteiger charge is 1.89. The van der Waals surface area contributed by atoms with Crippen LogP contribution in [0.3, 0.4) is 0 Å². The molecular formula is C2Cl2FI. The molecular weight excluding hydrogens is 241 g/mol. The third-order valence-corrected chi connectivity index (χ3v) is 1.39. The van der Waals surface area contributed by atoms with Crippen LogP contribution in [0, 0.1) is 0 Å². The summed E-state index contributed by atoms with van der Waals surface area (Å²) < 4.78 is 11.3. The van der Waals surface area contributed by atoms with Gasteiger partial charge in [-0.15, -0.1) is 0 Å². The zero-order valence-electron chi connectivity index (χ0n) is 2.51. The number of hydrogen-bond acceptors (Lipinski definition) is 0. The summed E-state index contributed by atoms with van der Waals surface area (Å²) in [5.41, 5.74) is 0. The molecule has 0 aromatic rings. The molecule has 0 aliphatic carbocycles. The number of halogens is 4. The first-order chi connectivity index (χ1) is 2.64. The van der Waals surface area contributed by atoms with Crippen molar-refractivity contribution in [2.45, 2.75) is 0 Å². The van der Waals surface area contributed by atoms with E-state index in [1.807, 2.05) is 0 Å². The molecule has 4 heteroatoms. The molecule has 36 valence electrons. The Morgan fingerprint density at radius 3 is 1.67 bits per heavy atom. The van der Waals surface area contributed by atoms with Crippen molar-refractivity contribution in [3.05, 3.63) is 8.33 Å². The van der Waals surface area contributed by atoms with Gasteiger partial charge < -0.3 is 0 Å². The average molecular weight is 241 g/mol. The second-order valence-corrected chi connectivity index (χ2v) is 2.95. The van der Waals surface area contributed by atoms with Crippen LogP contribution in [-0.2, 0) is 0 Å². The van der Waals surface area contributed by atoms with E-state index in [0.29, 0.717) is 0 Å². The van der Waals surface area contributed by atoms with Crippen LogP contribution >= 0.6 is 45.8 Å². The second-order valence-electron chi connectivity index (χ2n) is 0.521. The summed E-state index contributed by atoms with van der Waals surface area (Å²) in [4.78, 5) is 0. The normalized spacial score (nSPS) is 14.0. The van der Waals surface area contributed by atoms with E-state index in [2.05, 4.69) is 11.6 Å². The Balaban J connectivity index is 3.68. The van der Waals surface area contributed by atoms with E-state index in [1.165, 1.54) is 0 Å². The molecule has 0 aromatic heterocycles. The van der Waals surface area contributed by atoms with Crippen LogP contribution in [0.1, 0.15) is 0 Å². The SMILES string of the molecule is FC(Cl)=C(Cl)I. The highest BCUT2D eigenvalue weighted by atomic mass is 127. The third kappa shape index (κ3) is 3.18. The Morgan fingerprint density at radius 1 is 1.50 bits per heavy atom. The van der Waals surface area contributed by atoms with Crippen LogP contribution < -0.4 is 0 Å². The van der Waals surface area contributed by atoms with Crippen LogP contribution in [0.25, 0.3) is 0 Å². The summed E-state index contributed by atoms with van der Waals surface area (Å²) in [6, 6.07) is 0. The molecule has 0 aromatic carbocycles. The summed E-state index contributed by atoms with van der Waals surface area (Å²) >= 11 is 11.2. The van der Waals surface area contributed by atoms with Gasteiger partial charge >= 0.3 is 0 Å². The monoisotopic (exact) mass is 240 g/mol. The molecule has 0 nitrogen and oxygen atoms in total. The Bertz CT molecular complexity index is 61.6. The van der Waals surface area contributed by atoms with E-state index in [-0.39, 0.29) is 3.04 Å². The Morgan fingerprint density at radius 2 is 1.67 bits per heavy atom. The van der Waals surface area contributed by atoms with Gasteiger partial charge in [0, 0.05) is 0 Å². The molecule has 0 N–H and O–H groups in total. The molecule has 6 heavy (non-hydrogen) atoms. The number of rotatable bonds is 0. The van der Waals surface area contributed by atoms with Crippen molar-refractivity contribution in [2.24, 2.45) is 0 Å². The molecule has 0 heterocycles. The fourth-order valence-electron chi connectivity index (χ4n) is 0. The van der Waals surface area contributed by atoms with Crippen LogP contribution in [0.2, 0.25) is 0 Å². The minimum Gasteiger partial charge on any atom is -0.191 e. The molecule has 0 saturated carbocycles. The van der Waals surface area contributed by atoms with Gasteiger partial charge in [-0.1, -0.05) is 11.6 Å². The highest BCUT2D eigenvalue weighted by molar-refractivity contribution is 14.1. The van der Waals surface area contributed by atoms with Gasteiger partial charge in [-0.25, -0.2) is 0 Å². The summed E-state index contributed by atoms with van der Waals surface area (Å²) in [5, 5.41) is -0.850. The van der Waals surface area contributed by atoms with Gasteiger partial charge in [-0.3, -0.25) is 0 Å². The molecule has 0 fully saturated rings. The van der Waals surface area contributed by atoms with Crippen molar-refractivity contribution < 1.29 is 4.39 Å².